The molecule has 2 aromatic carbocycles. The van der Waals surface area contributed by atoms with Gasteiger partial charge in [-0.2, -0.15) is 18.2 Å². The Bertz CT molecular complexity index is 1310. The Morgan fingerprint density at radius 1 is 1.26 bits per heavy atom. The quantitative estimate of drug-likeness (QED) is 0.390. The molecule has 1 heterocycles. The molecule has 3 aromatic rings. The normalized spacial score (nSPS) is 12.6. The first-order chi connectivity index (χ1) is 16.0. The number of nitrogens with two attached hydrogens (primary N) is 1. The molecule has 1 atom stereocenters. The van der Waals surface area contributed by atoms with Crippen LogP contribution in [0.5, 0.6) is 0 Å². The van der Waals surface area contributed by atoms with Gasteiger partial charge < -0.3 is 10.5 Å². The Kier molecular flexibility index (Phi) is 7.83. The molecule has 0 aliphatic heterocycles. The van der Waals surface area contributed by atoms with E-state index in [1.54, 1.807) is 6.92 Å². The molecule has 0 bridgehead atoms. The predicted molar refractivity (Wildman–Crippen MR) is 127 cm³/mol. The topological polar surface area (TPSA) is 87.2 Å². The number of rotatable bonds is 6. The van der Waals surface area contributed by atoms with Gasteiger partial charge in [-0.1, -0.05) is 29.8 Å². The summed E-state index contributed by atoms with van der Waals surface area (Å²) >= 11 is 9.33. The summed E-state index contributed by atoms with van der Waals surface area (Å²) in [6, 6.07) is 9.58. The molecule has 3 rings (SSSR count). The summed E-state index contributed by atoms with van der Waals surface area (Å²) < 4.78 is 48.3. The minimum absolute atomic E-state index is 0.0141. The fraction of sp³-hybridized carbons (Fsp3) is 0.174. The molecular formula is C23H18BrClF3N3O3. The molecule has 1 unspecified atom stereocenters. The van der Waals surface area contributed by atoms with E-state index >= 15 is 0 Å². The molecule has 0 aliphatic rings. The standard InChI is InChI=1S/C23H18BrClF3N3O3/c1-2-34-21(32)17-5-3-13(9-19(17)24)4-6-18(23(26,27)28)14-10-15(25)12-16(11-14)31-8-7-20(29)30-22(31)33/h3-12,18H,2H2,1H3,(H2,29,30,33)/b6-4+. The van der Waals surface area contributed by atoms with Crippen molar-refractivity contribution < 1.29 is 22.7 Å². The average Bonchev–Trinajstić information content (AvgIpc) is 2.72. The third-order valence-electron chi connectivity index (χ3n) is 4.69. The van der Waals surface area contributed by atoms with E-state index in [1.807, 2.05) is 0 Å². The highest BCUT2D eigenvalue weighted by Crippen LogP contribution is 2.38. The van der Waals surface area contributed by atoms with Crippen LogP contribution < -0.4 is 11.4 Å². The molecule has 178 valence electrons. The van der Waals surface area contributed by atoms with Gasteiger partial charge in [-0.15, -0.1) is 0 Å². The second-order valence-corrected chi connectivity index (χ2v) is 8.38. The average molecular weight is 557 g/mol. The molecule has 0 spiro atoms. The molecule has 2 N–H and O–H groups in total. The van der Waals surface area contributed by atoms with Crippen molar-refractivity contribution in [3.05, 3.63) is 91.4 Å². The molecular weight excluding hydrogens is 539 g/mol. The van der Waals surface area contributed by atoms with Gasteiger partial charge in [0, 0.05) is 15.7 Å². The van der Waals surface area contributed by atoms with Crippen LogP contribution in [0.15, 0.2) is 64.0 Å². The molecule has 0 saturated heterocycles. The second kappa shape index (κ2) is 10.4. The van der Waals surface area contributed by atoms with E-state index in [1.165, 1.54) is 54.7 Å². The van der Waals surface area contributed by atoms with Crippen molar-refractivity contribution in [1.29, 1.82) is 0 Å². The first-order valence-electron chi connectivity index (χ1n) is 9.87. The maximum absolute atomic E-state index is 14.0. The van der Waals surface area contributed by atoms with Crippen LogP contribution >= 0.6 is 27.5 Å². The third kappa shape index (κ3) is 6.06. The summed E-state index contributed by atoms with van der Waals surface area (Å²) in [6.45, 7) is 1.86. The molecule has 0 radical (unpaired) electrons. The van der Waals surface area contributed by atoms with Crippen LogP contribution in [0.25, 0.3) is 11.8 Å². The van der Waals surface area contributed by atoms with Crippen LogP contribution in [0, 0.1) is 0 Å². The van der Waals surface area contributed by atoms with Gasteiger partial charge in [0.25, 0.3) is 0 Å². The number of allylic oxidation sites excluding steroid dienone is 1. The summed E-state index contributed by atoms with van der Waals surface area (Å²) in [5.41, 5.74) is 5.36. The van der Waals surface area contributed by atoms with Crippen molar-refractivity contribution in [3.8, 4) is 5.69 Å². The first-order valence-corrected chi connectivity index (χ1v) is 11.0. The zero-order valence-corrected chi connectivity index (χ0v) is 20.0. The lowest BCUT2D eigenvalue weighted by molar-refractivity contribution is -0.139. The maximum atomic E-state index is 14.0. The second-order valence-electron chi connectivity index (χ2n) is 7.09. The number of halogens is 5. The highest BCUT2D eigenvalue weighted by molar-refractivity contribution is 9.10. The number of aromatic nitrogens is 2. The summed E-state index contributed by atoms with van der Waals surface area (Å²) in [5.74, 6) is -2.58. The molecule has 34 heavy (non-hydrogen) atoms. The molecule has 0 saturated carbocycles. The smallest absolute Gasteiger partial charge is 0.399 e. The number of esters is 1. The Labute approximate surface area is 206 Å². The van der Waals surface area contributed by atoms with E-state index in [0.717, 1.165) is 10.6 Å². The summed E-state index contributed by atoms with van der Waals surface area (Å²) in [6.07, 6.45) is -1.08. The summed E-state index contributed by atoms with van der Waals surface area (Å²) in [5, 5.41) is 0.0143. The number of benzene rings is 2. The lowest BCUT2D eigenvalue weighted by atomic mass is 9.96. The Balaban J connectivity index is 2.00. The molecule has 1 aromatic heterocycles. The van der Waals surface area contributed by atoms with E-state index in [4.69, 9.17) is 22.1 Å². The van der Waals surface area contributed by atoms with Gasteiger partial charge in [0.15, 0.2) is 0 Å². The number of carbonyl (C=O) groups excluding carboxylic acids is 1. The van der Waals surface area contributed by atoms with Gasteiger partial charge in [0.05, 0.1) is 23.8 Å². The van der Waals surface area contributed by atoms with Gasteiger partial charge in [-0.3, -0.25) is 4.57 Å². The van der Waals surface area contributed by atoms with Crippen molar-refractivity contribution in [2.24, 2.45) is 0 Å². The van der Waals surface area contributed by atoms with E-state index in [9.17, 15) is 22.8 Å². The van der Waals surface area contributed by atoms with Crippen molar-refractivity contribution in [1.82, 2.24) is 9.55 Å². The SMILES string of the molecule is CCOC(=O)c1ccc(/C=C/C(c2cc(Cl)cc(-n3ccc(N)nc3=O)c2)C(F)(F)F)cc1Br. The molecule has 0 aliphatic carbocycles. The van der Waals surface area contributed by atoms with Crippen molar-refractivity contribution in [2.75, 3.05) is 12.3 Å². The number of carbonyl (C=O) groups is 1. The minimum Gasteiger partial charge on any atom is -0.462 e. The highest BCUT2D eigenvalue weighted by atomic mass is 79.9. The molecule has 6 nitrogen and oxygen atoms in total. The van der Waals surface area contributed by atoms with E-state index < -0.39 is 23.8 Å². The summed E-state index contributed by atoms with van der Waals surface area (Å²) in [7, 11) is 0. The van der Waals surface area contributed by atoms with Crippen molar-refractivity contribution in [2.45, 2.75) is 19.0 Å². The Morgan fingerprint density at radius 2 is 2.00 bits per heavy atom. The lowest BCUT2D eigenvalue weighted by Crippen LogP contribution is -2.23. The van der Waals surface area contributed by atoms with Gasteiger partial charge in [-0.05, 0) is 70.4 Å². The van der Waals surface area contributed by atoms with Gasteiger partial charge in [-0.25, -0.2) is 9.59 Å². The largest absolute Gasteiger partial charge is 0.462 e. The van der Waals surface area contributed by atoms with Crippen LogP contribution in [0.4, 0.5) is 19.0 Å². The fourth-order valence-electron chi connectivity index (χ4n) is 3.15. The van der Waals surface area contributed by atoms with Gasteiger partial charge >= 0.3 is 17.8 Å². The van der Waals surface area contributed by atoms with Crippen LogP contribution in [-0.4, -0.2) is 28.3 Å². The maximum Gasteiger partial charge on any atom is 0.399 e. The fourth-order valence-corrected chi connectivity index (χ4v) is 3.95. The van der Waals surface area contributed by atoms with E-state index in [-0.39, 0.29) is 34.3 Å². The van der Waals surface area contributed by atoms with E-state index in [2.05, 4.69) is 20.9 Å². The number of nitrogens with zero attached hydrogens (tertiary/aromatic N) is 2. The zero-order valence-electron chi connectivity index (χ0n) is 17.6. The third-order valence-corrected chi connectivity index (χ3v) is 5.56. The Hall–Kier alpha value is -3.11. The van der Waals surface area contributed by atoms with Gasteiger partial charge in [0.1, 0.15) is 5.82 Å². The number of hydrogen-bond acceptors (Lipinski definition) is 5. The summed E-state index contributed by atoms with van der Waals surface area (Å²) in [4.78, 5) is 27.6. The lowest BCUT2D eigenvalue weighted by Gasteiger charge is -2.19. The predicted octanol–water partition coefficient (Wildman–Crippen LogP) is 5.77. The van der Waals surface area contributed by atoms with Crippen LogP contribution in [-0.2, 0) is 4.74 Å². The number of hydrogen-bond donors (Lipinski definition) is 1. The molecule has 0 amide bonds. The number of ether oxygens (including phenoxy) is 1. The minimum atomic E-state index is -4.65. The van der Waals surface area contributed by atoms with E-state index in [0.29, 0.717) is 10.0 Å². The zero-order chi connectivity index (χ0) is 25.0. The van der Waals surface area contributed by atoms with Crippen LogP contribution in [0.3, 0.4) is 0 Å². The number of anilines is 1. The van der Waals surface area contributed by atoms with Gasteiger partial charge in [0.2, 0.25) is 0 Å². The van der Waals surface area contributed by atoms with Crippen LogP contribution in [0.1, 0.15) is 34.3 Å². The van der Waals surface area contributed by atoms with Crippen LogP contribution in [0.2, 0.25) is 5.02 Å². The number of nitrogen functional groups attached to an aromatic ring is 1. The molecule has 0 fully saturated rings. The highest BCUT2D eigenvalue weighted by Gasteiger charge is 2.39. The monoisotopic (exact) mass is 555 g/mol. The number of alkyl halides is 3. The van der Waals surface area contributed by atoms with Crippen molar-refractivity contribution >= 4 is 45.4 Å². The first kappa shape index (κ1) is 25.5. The Morgan fingerprint density at radius 3 is 2.62 bits per heavy atom. The van der Waals surface area contributed by atoms with Crippen molar-refractivity contribution in [3.63, 3.8) is 0 Å². The molecule has 11 heteroatoms.